The molecule has 110 valence electrons. The first-order valence-electron chi connectivity index (χ1n) is 6.83. The molecule has 0 spiro atoms. The molecule has 0 atom stereocenters. The van der Waals surface area contributed by atoms with E-state index in [1.165, 1.54) is 18.4 Å². The third-order valence-electron chi connectivity index (χ3n) is 3.41. The summed E-state index contributed by atoms with van der Waals surface area (Å²) in [5.41, 5.74) is 9.64. The van der Waals surface area contributed by atoms with Crippen molar-refractivity contribution in [3.63, 3.8) is 0 Å². The van der Waals surface area contributed by atoms with E-state index in [1.54, 1.807) is 0 Å². The fourth-order valence-electron chi connectivity index (χ4n) is 2.38. The van der Waals surface area contributed by atoms with Gasteiger partial charge < -0.3 is 10.5 Å². The van der Waals surface area contributed by atoms with Gasteiger partial charge >= 0.3 is 5.97 Å². The van der Waals surface area contributed by atoms with Crippen molar-refractivity contribution in [1.82, 2.24) is 0 Å². The van der Waals surface area contributed by atoms with Crippen molar-refractivity contribution in [3.8, 4) is 21.6 Å². The number of hydrogen-bond acceptors (Lipinski definition) is 4. The van der Waals surface area contributed by atoms with Crippen LogP contribution < -0.4 is 5.73 Å². The van der Waals surface area contributed by atoms with Gasteiger partial charge in [0.25, 0.3) is 0 Å². The average Bonchev–Trinajstić information content (AvgIpc) is 2.93. The molecule has 0 aliphatic carbocycles. The summed E-state index contributed by atoms with van der Waals surface area (Å²) in [4.78, 5) is 13.6. The van der Waals surface area contributed by atoms with E-state index in [-0.39, 0.29) is 5.97 Å². The molecule has 0 aliphatic heterocycles. The molecule has 22 heavy (non-hydrogen) atoms. The van der Waals surface area contributed by atoms with Crippen LogP contribution in [0.2, 0.25) is 0 Å². The quantitative estimate of drug-likeness (QED) is 0.727. The maximum atomic E-state index is 12.1. The van der Waals surface area contributed by atoms with Crippen LogP contribution in [0, 0.1) is 0 Å². The van der Waals surface area contributed by atoms with Gasteiger partial charge in [-0.2, -0.15) is 0 Å². The predicted octanol–water partition coefficient (Wildman–Crippen LogP) is 4.45. The van der Waals surface area contributed by atoms with Crippen molar-refractivity contribution in [1.29, 1.82) is 0 Å². The van der Waals surface area contributed by atoms with E-state index < -0.39 is 0 Å². The molecule has 4 heteroatoms. The van der Waals surface area contributed by atoms with Gasteiger partial charge in [-0.1, -0.05) is 60.7 Å². The Morgan fingerprint density at radius 1 is 0.955 bits per heavy atom. The highest BCUT2D eigenvalue weighted by Crippen LogP contribution is 2.44. The molecule has 0 unspecified atom stereocenters. The maximum absolute atomic E-state index is 12.1. The molecule has 2 aromatic carbocycles. The third-order valence-corrected chi connectivity index (χ3v) is 4.65. The van der Waals surface area contributed by atoms with Crippen molar-refractivity contribution >= 4 is 23.0 Å². The summed E-state index contributed by atoms with van der Waals surface area (Å²) < 4.78 is 4.92. The highest BCUT2D eigenvalue weighted by molar-refractivity contribution is 7.18. The molecule has 0 fully saturated rings. The van der Waals surface area contributed by atoms with Gasteiger partial charge in [-0.15, -0.1) is 11.3 Å². The van der Waals surface area contributed by atoms with E-state index in [4.69, 9.17) is 10.5 Å². The number of benzene rings is 2. The minimum absolute atomic E-state index is 0.363. The normalized spacial score (nSPS) is 10.4. The maximum Gasteiger partial charge on any atom is 0.348 e. The summed E-state index contributed by atoms with van der Waals surface area (Å²) in [6.07, 6.45) is 0. The SMILES string of the molecule is COC(=O)c1sc(-c2ccccc2)c(N)c1-c1ccccc1. The van der Waals surface area contributed by atoms with Gasteiger partial charge in [0, 0.05) is 5.56 Å². The molecule has 2 N–H and O–H groups in total. The van der Waals surface area contributed by atoms with E-state index in [0.29, 0.717) is 10.6 Å². The number of hydrogen-bond donors (Lipinski definition) is 1. The van der Waals surface area contributed by atoms with Crippen LogP contribution in [-0.4, -0.2) is 13.1 Å². The number of ether oxygens (including phenoxy) is 1. The molecule has 3 nitrogen and oxygen atoms in total. The highest BCUT2D eigenvalue weighted by Gasteiger charge is 2.23. The van der Waals surface area contributed by atoms with Gasteiger partial charge in [0.2, 0.25) is 0 Å². The van der Waals surface area contributed by atoms with Crippen molar-refractivity contribution in [2.24, 2.45) is 0 Å². The smallest absolute Gasteiger partial charge is 0.348 e. The lowest BCUT2D eigenvalue weighted by atomic mass is 10.0. The Labute approximate surface area is 133 Å². The van der Waals surface area contributed by atoms with Crippen LogP contribution in [0.4, 0.5) is 5.69 Å². The summed E-state index contributed by atoms with van der Waals surface area (Å²) >= 11 is 1.37. The fourth-order valence-corrected chi connectivity index (χ4v) is 3.54. The van der Waals surface area contributed by atoms with E-state index in [2.05, 4.69) is 0 Å². The first-order valence-corrected chi connectivity index (χ1v) is 7.65. The average molecular weight is 309 g/mol. The lowest BCUT2D eigenvalue weighted by Crippen LogP contribution is -2.00. The van der Waals surface area contributed by atoms with Gasteiger partial charge in [-0.05, 0) is 11.1 Å². The Hall–Kier alpha value is -2.59. The summed E-state index contributed by atoms with van der Waals surface area (Å²) in [5.74, 6) is -0.363. The minimum atomic E-state index is -0.363. The Morgan fingerprint density at radius 3 is 2.05 bits per heavy atom. The zero-order valence-corrected chi connectivity index (χ0v) is 12.9. The third kappa shape index (κ3) is 2.49. The number of nitrogens with two attached hydrogens (primary N) is 1. The molecule has 0 aliphatic rings. The van der Waals surface area contributed by atoms with Gasteiger partial charge in [-0.3, -0.25) is 0 Å². The van der Waals surface area contributed by atoms with Gasteiger partial charge in [0.1, 0.15) is 4.88 Å². The first kappa shape index (κ1) is 14.4. The molecule has 3 rings (SSSR count). The van der Waals surface area contributed by atoms with E-state index >= 15 is 0 Å². The first-order chi connectivity index (χ1) is 10.7. The van der Waals surface area contributed by atoms with Crippen LogP contribution >= 0.6 is 11.3 Å². The molecule has 0 amide bonds. The zero-order chi connectivity index (χ0) is 15.5. The second-order valence-corrected chi connectivity index (χ2v) is 5.79. The van der Waals surface area contributed by atoms with Crippen LogP contribution in [0.1, 0.15) is 9.67 Å². The number of carbonyl (C=O) groups excluding carboxylic acids is 1. The lowest BCUT2D eigenvalue weighted by Gasteiger charge is -2.04. The summed E-state index contributed by atoms with van der Waals surface area (Å²) in [5, 5.41) is 0. The van der Waals surface area contributed by atoms with Crippen LogP contribution in [-0.2, 0) is 4.74 Å². The second kappa shape index (κ2) is 6.03. The Bertz CT molecular complexity index is 795. The largest absolute Gasteiger partial charge is 0.465 e. The van der Waals surface area contributed by atoms with Gasteiger partial charge in [-0.25, -0.2) is 4.79 Å². The molecule has 0 radical (unpaired) electrons. The highest BCUT2D eigenvalue weighted by atomic mass is 32.1. The molecule has 3 aromatic rings. The van der Waals surface area contributed by atoms with Crippen LogP contribution in [0.5, 0.6) is 0 Å². The van der Waals surface area contributed by atoms with Crippen molar-refractivity contribution in [2.45, 2.75) is 0 Å². The second-order valence-electron chi connectivity index (χ2n) is 4.77. The number of anilines is 1. The number of esters is 1. The van der Waals surface area contributed by atoms with Crippen LogP contribution in [0.3, 0.4) is 0 Å². The predicted molar refractivity (Wildman–Crippen MR) is 90.9 cm³/mol. The number of thiophene rings is 1. The Balaban J connectivity index is 2.24. The van der Waals surface area contributed by atoms with Gasteiger partial charge in [0.15, 0.2) is 0 Å². The van der Waals surface area contributed by atoms with Crippen LogP contribution in [0.15, 0.2) is 60.7 Å². The van der Waals surface area contributed by atoms with Crippen molar-refractivity contribution < 1.29 is 9.53 Å². The van der Waals surface area contributed by atoms with Crippen molar-refractivity contribution in [2.75, 3.05) is 12.8 Å². The Kier molecular flexibility index (Phi) is 3.94. The molecule has 0 saturated heterocycles. The summed E-state index contributed by atoms with van der Waals surface area (Å²) in [6.45, 7) is 0. The van der Waals surface area contributed by atoms with E-state index in [1.807, 2.05) is 60.7 Å². The van der Waals surface area contributed by atoms with Crippen molar-refractivity contribution in [3.05, 3.63) is 65.5 Å². The number of methoxy groups -OCH3 is 1. The van der Waals surface area contributed by atoms with E-state index in [0.717, 1.165) is 21.6 Å². The number of rotatable bonds is 3. The Morgan fingerprint density at radius 2 is 1.50 bits per heavy atom. The molecule has 1 heterocycles. The molecular weight excluding hydrogens is 294 g/mol. The van der Waals surface area contributed by atoms with E-state index in [9.17, 15) is 4.79 Å². The standard InChI is InChI=1S/C18H15NO2S/c1-21-18(20)17-14(12-8-4-2-5-9-12)15(19)16(22-17)13-10-6-3-7-11-13/h2-11H,19H2,1H3. The minimum Gasteiger partial charge on any atom is -0.465 e. The molecular formula is C18H15NO2S. The molecule has 0 bridgehead atoms. The number of carbonyl (C=O) groups is 1. The summed E-state index contributed by atoms with van der Waals surface area (Å²) in [6, 6.07) is 19.5. The molecule has 1 aromatic heterocycles. The molecule has 0 saturated carbocycles. The lowest BCUT2D eigenvalue weighted by molar-refractivity contribution is 0.0607. The topological polar surface area (TPSA) is 52.3 Å². The monoisotopic (exact) mass is 309 g/mol. The zero-order valence-electron chi connectivity index (χ0n) is 12.1. The number of nitrogen functional groups attached to an aromatic ring is 1. The summed E-state index contributed by atoms with van der Waals surface area (Å²) in [7, 11) is 1.38. The fraction of sp³-hybridized carbons (Fsp3) is 0.0556. The van der Waals surface area contributed by atoms with Gasteiger partial charge in [0.05, 0.1) is 17.7 Å². The van der Waals surface area contributed by atoms with Crippen LogP contribution in [0.25, 0.3) is 21.6 Å².